The summed E-state index contributed by atoms with van der Waals surface area (Å²) in [5.74, 6) is -1.08. The van der Waals surface area contributed by atoms with Crippen LogP contribution in [0.25, 0.3) is 0 Å². The zero-order valence-corrected chi connectivity index (χ0v) is 22.6. The average Bonchev–Trinajstić information content (AvgIpc) is 3.73. The Hall–Kier alpha value is -3.47. The van der Waals surface area contributed by atoms with Crippen LogP contribution in [-0.4, -0.2) is 66.4 Å². The van der Waals surface area contributed by atoms with Crippen molar-refractivity contribution in [3.8, 4) is 0 Å². The van der Waals surface area contributed by atoms with Gasteiger partial charge >= 0.3 is 12.2 Å². The predicted molar refractivity (Wildman–Crippen MR) is 143 cm³/mol. The molecule has 0 atom stereocenters. The summed E-state index contributed by atoms with van der Waals surface area (Å²) in [6.45, 7) is 4.95. The van der Waals surface area contributed by atoms with Gasteiger partial charge in [-0.15, -0.1) is 0 Å². The van der Waals surface area contributed by atoms with E-state index in [4.69, 9.17) is 0 Å². The van der Waals surface area contributed by atoms with Gasteiger partial charge in [0.1, 0.15) is 5.82 Å². The van der Waals surface area contributed by atoms with Crippen molar-refractivity contribution >= 4 is 23.4 Å². The Morgan fingerprint density at radius 3 is 2.27 bits per heavy atom. The van der Waals surface area contributed by atoms with E-state index in [-0.39, 0.29) is 22.7 Å². The van der Waals surface area contributed by atoms with Crippen LogP contribution in [0.1, 0.15) is 59.4 Å². The molecule has 0 unspecified atom stereocenters. The molecule has 0 aromatic heterocycles. The molecule has 7 nitrogen and oxygen atoms in total. The van der Waals surface area contributed by atoms with Gasteiger partial charge in [0.25, 0.3) is 5.91 Å². The number of urea groups is 1. The van der Waals surface area contributed by atoms with Crippen LogP contribution in [0.5, 0.6) is 0 Å². The molecule has 2 aromatic carbocycles. The zero-order chi connectivity index (χ0) is 29.1. The van der Waals surface area contributed by atoms with Crippen molar-refractivity contribution < 1.29 is 31.9 Å². The lowest BCUT2D eigenvalue weighted by Crippen LogP contribution is -2.48. The highest BCUT2D eigenvalue weighted by Gasteiger charge is 2.48. The van der Waals surface area contributed by atoms with Gasteiger partial charge in [-0.25, -0.2) is 9.18 Å². The first-order chi connectivity index (χ1) is 18.8. The van der Waals surface area contributed by atoms with E-state index in [2.05, 4.69) is 15.5 Å². The van der Waals surface area contributed by atoms with Crippen molar-refractivity contribution in [2.75, 3.05) is 38.0 Å². The van der Waals surface area contributed by atoms with Crippen LogP contribution < -0.4 is 10.6 Å². The minimum Gasteiger partial charge on any atom is -0.338 e. The molecule has 1 saturated heterocycles. The first kappa shape index (κ1) is 29.5. The number of benzene rings is 2. The third-order valence-corrected chi connectivity index (χ3v) is 7.40. The summed E-state index contributed by atoms with van der Waals surface area (Å²) < 4.78 is 54.2. The number of alkyl halides is 3. The Labute approximate surface area is 230 Å². The maximum atomic E-state index is 14.6. The molecule has 1 saturated carbocycles. The number of hydrogen-bond donors (Lipinski definition) is 2. The van der Waals surface area contributed by atoms with E-state index >= 15 is 0 Å². The molecule has 11 heteroatoms. The van der Waals surface area contributed by atoms with Crippen molar-refractivity contribution in [3.05, 3.63) is 65.0 Å². The standard InChI is InChI=1S/C29H34F4N4O3/c1-28(2,29(31,32)33)16-25(38)21-5-3-4-20(14-21)18-36-10-12-37(13-11-36)26(39)22-8-9-24(23(30)15-22)35-27(40)34-17-19-6-7-19/h3-5,8-9,14-15,19H,6-7,10-13,16-18H2,1-2H3,(H2,34,35,40). The van der Waals surface area contributed by atoms with Gasteiger partial charge in [-0.3, -0.25) is 14.5 Å². The maximum Gasteiger partial charge on any atom is 0.394 e. The summed E-state index contributed by atoms with van der Waals surface area (Å²) in [4.78, 5) is 41.2. The number of rotatable bonds is 9. The molecule has 216 valence electrons. The lowest BCUT2D eigenvalue weighted by molar-refractivity contribution is -0.210. The number of nitrogens with one attached hydrogen (secondary N) is 2. The van der Waals surface area contributed by atoms with E-state index in [1.165, 1.54) is 18.2 Å². The quantitative estimate of drug-likeness (QED) is 0.314. The van der Waals surface area contributed by atoms with Crippen LogP contribution in [-0.2, 0) is 6.54 Å². The summed E-state index contributed by atoms with van der Waals surface area (Å²) in [6, 6.07) is 10.1. The van der Waals surface area contributed by atoms with Gasteiger partial charge in [-0.05, 0) is 48.6 Å². The summed E-state index contributed by atoms with van der Waals surface area (Å²) in [6.07, 6.45) is -2.94. The number of nitrogens with zero attached hydrogens (tertiary/aromatic N) is 2. The topological polar surface area (TPSA) is 81.8 Å². The summed E-state index contributed by atoms with van der Waals surface area (Å²) in [5, 5.41) is 5.17. The van der Waals surface area contributed by atoms with Crippen molar-refractivity contribution in [1.29, 1.82) is 0 Å². The molecule has 2 N–H and O–H groups in total. The molecular weight excluding hydrogens is 528 g/mol. The van der Waals surface area contributed by atoms with E-state index < -0.39 is 35.6 Å². The van der Waals surface area contributed by atoms with Crippen LogP contribution in [0.2, 0.25) is 0 Å². The number of hydrogen-bond acceptors (Lipinski definition) is 4. The highest BCUT2D eigenvalue weighted by Crippen LogP contribution is 2.41. The number of anilines is 1. The van der Waals surface area contributed by atoms with Crippen molar-refractivity contribution in [1.82, 2.24) is 15.1 Å². The van der Waals surface area contributed by atoms with E-state index in [0.29, 0.717) is 45.2 Å². The lowest BCUT2D eigenvalue weighted by Gasteiger charge is -2.35. The normalized spacial score (nSPS) is 16.5. The second-order valence-electron chi connectivity index (χ2n) is 11.2. The van der Waals surface area contributed by atoms with Crippen LogP contribution >= 0.6 is 0 Å². The van der Waals surface area contributed by atoms with E-state index in [0.717, 1.165) is 38.3 Å². The van der Waals surface area contributed by atoms with Gasteiger partial charge in [0.2, 0.25) is 0 Å². The second-order valence-corrected chi connectivity index (χ2v) is 11.2. The summed E-state index contributed by atoms with van der Waals surface area (Å²) >= 11 is 0. The molecule has 0 bridgehead atoms. The minimum atomic E-state index is -4.48. The molecule has 2 fully saturated rings. The van der Waals surface area contributed by atoms with Gasteiger partial charge in [0.15, 0.2) is 5.78 Å². The maximum absolute atomic E-state index is 14.6. The fourth-order valence-electron chi connectivity index (χ4n) is 4.47. The Morgan fingerprint density at radius 1 is 0.950 bits per heavy atom. The Morgan fingerprint density at radius 2 is 1.65 bits per heavy atom. The third-order valence-electron chi connectivity index (χ3n) is 7.40. The molecule has 0 spiro atoms. The van der Waals surface area contributed by atoms with Gasteiger partial charge < -0.3 is 15.5 Å². The Kier molecular flexibility index (Phi) is 8.82. The Bertz CT molecular complexity index is 1250. The lowest BCUT2D eigenvalue weighted by atomic mass is 9.84. The number of piperazine rings is 1. The molecule has 2 aliphatic rings. The SMILES string of the molecule is CC(C)(CC(=O)c1cccc(CN2CCN(C(=O)c3ccc(NC(=O)NCC4CC4)c(F)c3)CC2)c1)C(F)(F)F. The highest BCUT2D eigenvalue weighted by molar-refractivity contribution is 5.97. The monoisotopic (exact) mass is 562 g/mol. The molecular formula is C29H34F4N4O3. The largest absolute Gasteiger partial charge is 0.394 e. The molecule has 3 amide bonds. The third kappa shape index (κ3) is 7.59. The fourth-order valence-corrected chi connectivity index (χ4v) is 4.47. The van der Waals surface area contributed by atoms with Gasteiger partial charge in [-0.2, -0.15) is 13.2 Å². The molecule has 2 aromatic rings. The first-order valence-electron chi connectivity index (χ1n) is 13.4. The van der Waals surface area contributed by atoms with Crippen molar-refractivity contribution in [3.63, 3.8) is 0 Å². The zero-order valence-electron chi connectivity index (χ0n) is 22.6. The number of halogens is 4. The van der Waals surface area contributed by atoms with Crippen LogP contribution in [0.4, 0.5) is 28.0 Å². The number of amides is 3. The molecule has 1 aliphatic carbocycles. The number of carbonyl (C=O) groups excluding carboxylic acids is 3. The second kappa shape index (κ2) is 12.0. The molecule has 0 radical (unpaired) electrons. The predicted octanol–water partition coefficient (Wildman–Crippen LogP) is 5.48. The van der Waals surface area contributed by atoms with Crippen LogP contribution in [0.3, 0.4) is 0 Å². The number of ketones is 1. The minimum absolute atomic E-state index is 0.00246. The van der Waals surface area contributed by atoms with E-state index in [1.54, 1.807) is 17.0 Å². The van der Waals surface area contributed by atoms with Gasteiger partial charge in [-0.1, -0.05) is 32.0 Å². The van der Waals surface area contributed by atoms with Gasteiger partial charge in [0.05, 0.1) is 11.1 Å². The number of Topliss-reactive ketones (excluding diaryl/α,β-unsaturated/α-hetero) is 1. The van der Waals surface area contributed by atoms with Crippen LogP contribution in [0, 0.1) is 17.2 Å². The summed E-state index contributed by atoms with van der Waals surface area (Å²) in [7, 11) is 0. The molecule has 40 heavy (non-hydrogen) atoms. The summed E-state index contributed by atoms with van der Waals surface area (Å²) in [5.41, 5.74) is -0.904. The molecule has 4 rings (SSSR count). The Balaban J connectivity index is 1.28. The van der Waals surface area contributed by atoms with E-state index in [9.17, 15) is 31.9 Å². The number of carbonyl (C=O) groups is 3. The molecule has 1 aliphatic heterocycles. The van der Waals surface area contributed by atoms with Crippen LogP contribution in [0.15, 0.2) is 42.5 Å². The average molecular weight is 563 g/mol. The van der Waals surface area contributed by atoms with E-state index in [1.807, 2.05) is 6.07 Å². The first-order valence-corrected chi connectivity index (χ1v) is 13.4. The fraction of sp³-hybridized carbons (Fsp3) is 0.483. The van der Waals surface area contributed by atoms with Crippen molar-refractivity contribution in [2.24, 2.45) is 11.3 Å². The van der Waals surface area contributed by atoms with Crippen molar-refractivity contribution in [2.45, 2.75) is 45.8 Å². The smallest absolute Gasteiger partial charge is 0.338 e. The van der Waals surface area contributed by atoms with Gasteiger partial charge in [0, 0.05) is 56.8 Å². The molecule has 1 heterocycles. The highest BCUT2D eigenvalue weighted by atomic mass is 19.4.